The number of nitrogens with one attached hydrogen (secondary N) is 2. The molecule has 0 saturated heterocycles. The van der Waals surface area contributed by atoms with E-state index in [0.29, 0.717) is 28.9 Å². The zero-order valence-corrected chi connectivity index (χ0v) is 13.4. The van der Waals surface area contributed by atoms with Crippen LogP contribution in [-0.2, 0) is 16.6 Å². The molecule has 0 spiro atoms. The van der Waals surface area contributed by atoms with Gasteiger partial charge in [-0.25, -0.2) is 13.1 Å². The number of aryl methyl sites for hydroxylation is 2. The van der Waals surface area contributed by atoms with E-state index in [1.54, 1.807) is 6.92 Å². The van der Waals surface area contributed by atoms with E-state index in [1.165, 1.54) is 0 Å². The lowest BCUT2D eigenvalue weighted by Crippen LogP contribution is -2.35. The first-order chi connectivity index (χ1) is 9.36. The molecule has 1 atom stereocenters. The molecule has 1 aromatic rings. The van der Waals surface area contributed by atoms with Crippen molar-refractivity contribution < 1.29 is 12.8 Å². The summed E-state index contributed by atoms with van der Waals surface area (Å²) < 4.78 is 33.5. The molecule has 1 unspecified atom stereocenters. The highest BCUT2D eigenvalue weighted by Crippen LogP contribution is 2.34. The predicted octanol–water partition coefficient (Wildman–Crippen LogP) is 2.08. The van der Waals surface area contributed by atoms with E-state index >= 15 is 0 Å². The average Bonchev–Trinajstić information content (AvgIpc) is 3.13. The maximum atomic E-state index is 12.6. The van der Waals surface area contributed by atoms with Gasteiger partial charge in [-0.05, 0) is 46.1 Å². The Kier molecular flexibility index (Phi) is 4.56. The second-order valence-electron chi connectivity index (χ2n) is 5.55. The molecule has 1 aromatic heterocycles. The second-order valence-corrected chi connectivity index (χ2v) is 7.20. The summed E-state index contributed by atoms with van der Waals surface area (Å²) in [6, 6.07) is -0.0124. The molecule has 0 aromatic carbocycles. The molecule has 1 heterocycles. The van der Waals surface area contributed by atoms with E-state index in [4.69, 9.17) is 4.42 Å². The lowest BCUT2D eigenvalue weighted by Gasteiger charge is -2.14. The summed E-state index contributed by atoms with van der Waals surface area (Å²) in [5.41, 5.74) is 0.736. The Morgan fingerprint density at radius 2 is 1.95 bits per heavy atom. The van der Waals surface area contributed by atoms with Gasteiger partial charge in [-0.15, -0.1) is 0 Å². The summed E-state index contributed by atoms with van der Waals surface area (Å²) in [6.45, 7) is 8.73. The van der Waals surface area contributed by atoms with E-state index in [9.17, 15) is 8.42 Å². The second kappa shape index (κ2) is 5.87. The highest BCUT2D eigenvalue weighted by atomic mass is 32.2. The zero-order valence-electron chi connectivity index (χ0n) is 12.6. The van der Waals surface area contributed by atoms with Gasteiger partial charge in [0.15, 0.2) is 0 Å². The monoisotopic (exact) mass is 300 g/mol. The van der Waals surface area contributed by atoms with Crippen molar-refractivity contribution >= 4 is 10.0 Å². The Morgan fingerprint density at radius 3 is 2.50 bits per heavy atom. The van der Waals surface area contributed by atoms with Gasteiger partial charge in [0.1, 0.15) is 16.4 Å². The van der Waals surface area contributed by atoms with Gasteiger partial charge in [0.05, 0.1) is 0 Å². The minimum absolute atomic E-state index is 0.0124. The fraction of sp³-hybridized carbons (Fsp3) is 0.714. The summed E-state index contributed by atoms with van der Waals surface area (Å²) in [5.74, 6) is 1.61. The number of furan rings is 1. The SMILES string of the molecule is CCNCc1c(C)oc(C)c1S(=O)(=O)NC(C)C1CC1. The highest BCUT2D eigenvalue weighted by Gasteiger charge is 2.34. The fourth-order valence-corrected chi connectivity index (χ4v) is 4.27. The van der Waals surface area contributed by atoms with Crippen LogP contribution >= 0.6 is 0 Å². The van der Waals surface area contributed by atoms with Crippen molar-refractivity contribution in [2.45, 2.75) is 58.0 Å². The molecule has 1 saturated carbocycles. The Morgan fingerprint density at radius 1 is 1.30 bits per heavy atom. The number of sulfonamides is 1. The van der Waals surface area contributed by atoms with Crippen LogP contribution in [0, 0.1) is 19.8 Å². The molecular weight excluding hydrogens is 276 g/mol. The normalized spacial score (nSPS) is 17.4. The van der Waals surface area contributed by atoms with Crippen molar-refractivity contribution in [2.75, 3.05) is 6.54 Å². The smallest absolute Gasteiger partial charge is 0.244 e. The van der Waals surface area contributed by atoms with Gasteiger partial charge in [0, 0.05) is 18.2 Å². The lowest BCUT2D eigenvalue weighted by atomic mass is 10.2. The van der Waals surface area contributed by atoms with Gasteiger partial charge in [0.2, 0.25) is 10.0 Å². The summed E-state index contributed by atoms with van der Waals surface area (Å²) in [5, 5.41) is 3.17. The number of rotatable bonds is 7. The highest BCUT2D eigenvalue weighted by molar-refractivity contribution is 7.89. The van der Waals surface area contributed by atoms with Crippen molar-refractivity contribution in [1.29, 1.82) is 0 Å². The molecule has 1 fully saturated rings. The lowest BCUT2D eigenvalue weighted by molar-refractivity contribution is 0.491. The van der Waals surface area contributed by atoms with Crippen LogP contribution < -0.4 is 10.0 Å². The van der Waals surface area contributed by atoms with Crippen molar-refractivity contribution in [3.8, 4) is 0 Å². The molecule has 0 aliphatic heterocycles. The van der Waals surface area contributed by atoms with Crippen molar-refractivity contribution in [3.05, 3.63) is 17.1 Å². The van der Waals surface area contributed by atoms with E-state index in [0.717, 1.165) is 24.9 Å². The third kappa shape index (κ3) is 3.24. The van der Waals surface area contributed by atoms with Gasteiger partial charge in [0.25, 0.3) is 0 Å². The van der Waals surface area contributed by atoms with Gasteiger partial charge in [-0.2, -0.15) is 0 Å². The Hall–Kier alpha value is -0.850. The summed E-state index contributed by atoms with van der Waals surface area (Å²) in [7, 11) is -3.52. The van der Waals surface area contributed by atoms with E-state index in [2.05, 4.69) is 10.0 Å². The van der Waals surface area contributed by atoms with Crippen LogP contribution in [0.1, 0.15) is 43.8 Å². The number of hydrogen-bond donors (Lipinski definition) is 2. The molecule has 20 heavy (non-hydrogen) atoms. The van der Waals surface area contributed by atoms with Crippen LogP contribution in [0.15, 0.2) is 9.31 Å². The molecule has 2 N–H and O–H groups in total. The van der Waals surface area contributed by atoms with E-state index in [-0.39, 0.29) is 6.04 Å². The minimum atomic E-state index is -3.52. The Labute approximate surface area is 121 Å². The summed E-state index contributed by atoms with van der Waals surface area (Å²) in [4.78, 5) is 0.309. The molecule has 2 rings (SSSR count). The Bertz CT molecular complexity index is 573. The zero-order chi connectivity index (χ0) is 14.9. The molecule has 0 bridgehead atoms. The molecule has 0 amide bonds. The van der Waals surface area contributed by atoms with Crippen LogP contribution in [0.3, 0.4) is 0 Å². The molecule has 114 valence electrons. The van der Waals surface area contributed by atoms with Gasteiger partial charge >= 0.3 is 0 Å². The van der Waals surface area contributed by atoms with Crippen molar-refractivity contribution in [1.82, 2.24) is 10.0 Å². The molecule has 6 heteroatoms. The first-order valence-corrected chi connectivity index (χ1v) is 8.67. The van der Waals surface area contributed by atoms with Gasteiger partial charge in [-0.1, -0.05) is 6.92 Å². The molecule has 5 nitrogen and oxygen atoms in total. The number of hydrogen-bond acceptors (Lipinski definition) is 4. The maximum Gasteiger partial charge on any atom is 0.244 e. The molecule has 1 aliphatic carbocycles. The molecule has 0 radical (unpaired) electrons. The van der Waals surface area contributed by atoms with Crippen LogP contribution in [0.2, 0.25) is 0 Å². The van der Waals surface area contributed by atoms with Crippen LogP contribution in [-0.4, -0.2) is 21.0 Å². The minimum Gasteiger partial charge on any atom is -0.465 e. The third-order valence-corrected chi connectivity index (χ3v) is 5.57. The van der Waals surface area contributed by atoms with E-state index in [1.807, 2.05) is 20.8 Å². The maximum absolute atomic E-state index is 12.6. The van der Waals surface area contributed by atoms with Gasteiger partial charge < -0.3 is 9.73 Å². The van der Waals surface area contributed by atoms with Crippen LogP contribution in [0.4, 0.5) is 0 Å². The van der Waals surface area contributed by atoms with Crippen molar-refractivity contribution in [2.24, 2.45) is 5.92 Å². The first kappa shape index (κ1) is 15.5. The van der Waals surface area contributed by atoms with Gasteiger partial charge in [-0.3, -0.25) is 0 Å². The summed E-state index contributed by atoms with van der Waals surface area (Å²) in [6.07, 6.45) is 2.22. The van der Waals surface area contributed by atoms with Crippen LogP contribution in [0.5, 0.6) is 0 Å². The standard InChI is InChI=1S/C14H24N2O3S/c1-5-15-8-13-10(3)19-11(4)14(13)20(17,18)16-9(2)12-6-7-12/h9,12,15-16H,5-8H2,1-4H3. The van der Waals surface area contributed by atoms with Crippen LogP contribution in [0.25, 0.3) is 0 Å². The third-order valence-electron chi connectivity index (χ3n) is 3.82. The first-order valence-electron chi connectivity index (χ1n) is 7.18. The Balaban J connectivity index is 2.29. The van der Waals surface area contributed by atoms with Crippen molar-refractivity contribution in [3.63, 3.8) is 0 Å². The quantitative estimate of drug-likeness (QED) is 0.809. The molecular formula is C14H24N2O3S. The average molecular weight is 300 g/mol. The predicted molar refractivity (Wildman–Crippen MR) is 78.1 cm³/mol. The van der Waals surface area contributed by atoms with E-state index < -0.39 is 10.0 Å². The molecule has 1 aliphatic rings. The largest absolute Gasteiger partial charge is 0.465 e. The summed E-state index contributed by atoms with van der Waals surface area (Å²) >= 11 is 0. The fourth-order valence-electron chi connectivity index (χ4n) is 2.51. The topological polar surface area (TPSA) is 71.3 Å².